The maximum atomic E-state index is 12.3. The van der Waals surface area contributed by atoms with Crippen molar-refractivity contribution in [1.82, 2.24) is 4.98 Å². The molecule has 1 aromatic carbocycles. The number of halogens is 1. The lowest BCUT2D eigenvalue weighted by molar-refractivity contribution is -0.384. The number of carbonyl (C=O) groups is 1. The zero-order chi connectivity index (χ0) is 18.2. The van der Waals surface area contributed by atoms with E-state index < -0.39 is 22.5 Å². The average Bonchev–Trinajstić information content (AvgIpc) is 2.82. The Bertz CT molecular complexity index is 840. The number of aromatic nitrogens is 1. The van der Waals surface area contributed by atoms with Crippen LogP contribution >= 0.6 is 15.9 Å². The van der Waals surface area contributed by atoms with E-state index in [-0.39, 0.29) is 11.5 Å². The van der Waals surface area contributed by atoms with Crippen molar-refractivity contribution in [2.24, 2.45) is 0 Å². The molecule has 2 heterocycles. The van der Waals surface area contributed by atoms with Crippen LogP contribution in [0.5, 0.6) is 0 Å². The number of aryl methyl sites for hydroxylation is 1. The van der Waals surface area contributed by atoms with Gasteiger partial charge in [0, 0.05) is 22.7 Å². The van der Waals surface area contributed by atoms with E-state index in [0.717, 1.165) is 10.0 Å². The molecule has 0 bridgehead atoms. The van der Waals surface area contributed by atoms with Crippen molar-refractivity contribution in [1.29, 1.82) is 0 Å². The molecule has 0 radical (unpaired) electrons. The fourth-order valence-corrected chi connectivity index (χ4v) is 3.21. The van der Waals surface area contributed by atoms with Crippen molar-refractivity contribution in [3.63, 3.8) is 0 Å². The van der Waals surface area contributed by atoms with E-state index in [2.05, 4.69) is 26.2 Å². The molecule has 130 valence electrons. The Labute approximate surface area is 152 Å². The van der Waals surface area contributed by atoms with Crippen LogP contribution in [0.4, 0.5) is 11.5 Å². The van der Waals surface area contributed by atoms with Gasteiger partial charge in [-0.2, -0.15) is 0 Å². The predicted octanol–water partition coefficient (Wildman–Crippen LogP) is 3.70. The highest BCUT2D eigenvalue weighted by atomic mass is 79.9. The number of nitrogens with one attached hydrogen (secondary N) is 1. The Kier molecular flexibility index (Phi) is 4.47. The number of anilines is 1. The van der Waals surface area contributed by atoms with Crippen LogP contribution in [0.25, 0.3) is 0 Å². The normalized spacial score (nSPS) is 22.5. The van der Waals surface area contributed by atoms with Gasteiger partial charge in [-0.05, 0) is 37.6 Å². The van der Waals surface area contributed by atoms with E-state index in [1.54, 1.807) is 13.0 Å². The number of carbonyl (C=O) groups excluding carboxylic acids is 1. The van der Waals surface area contributed by atoms with E-state index >= 15 is 0 Å². The molecule has 1 saturated heterocycles. The number of nitrogens with zero attached hydrogens (tertiary/aromatic N) is 2. The molecule has 1 aromatic heterocycles. The van der Waals surface area contributed by atoms with Crippen LogP contribution in [0, 0.1) is 17.0 Å². The molecule has 1 aliphatic heterocycles. The van der Waals surface area contributed by atoms with Gasteiger partial charge in [0.15, 0.2) is 0 Å². The van der Waals surface area contributed by atoms with Crippen LogP contribution in [0.3, 0.4) is 0 Å². The van der Waals surface area contributed by atoms with Gasteiger partial charge in [0.05, 0.1) is 4.92 Å². The van der Waals surface area contributed by atoms with E-state index in [0.29, 0.717) is 12.0 Å². The summed E-state index contributed by atoms with van der Waals surface area (Å²) in [5, 5.41) is 14.2. The van der Waals surface area contributed by atoms with Gasteiger partial charge >= 0.3 is 11.7 Å². The minimum atomic E-state index is -0.798. The summed E-state index contributed by atoms with van der Waals surface area (Å²) in [6, 6.07) is 8.37. The summed E-state index contributed by atoms with van der Waals surface area (Å²) >= 11 is 3.38. The van der Waals surface area contributed by atoms with E-state index in [1.807, 2.05) is 31.2 Å². The standard InChI is InChI=1S/C17H16BrN3O4/c1-10-7-8-19-15(14(10)21(23)24)20-13-9-17(2,25-16(13)22)11-3-5-12(18)6-4-11/h3-8,13H,9H2,1-2H3,(H,19,20). The highest BCUT2D eigenvalue weighted by molar-refractivity contribution is 9.10. The van der Waals surface area contributed by atoms with Gasteiger partial charge in [-0.1, -0.05) is 28.1 Å². The summed E-state index contributed by atoms with van der Waals surface area (Å²) in [4.78, 5) is 27.1. The van der Waals surface area contributed by atoms with Crippen molar-refractivity contribution in [2.45, 2.75) is 31.9 Å². The molecule has 1 aliphatic rings. The Morgan fingerprint density at radius 1 is 1.36 bits per heavy atom. The molecule has 0 amide bonds. The number of cyclic esters (lactones) is 1. The van der Waals surface area contributed by atoms with Crippen LogP contribution in [0.1, 0.15) is 24.5 Å². The molecule has 8 heteroatoms. The smallest absolute Gasteiger partial charge is 0.329 e. The summed E-state index contributed by atoms with van der Waals surface area (Å²) in [5.41, 5.74) is 0.408. The highest BCUT2D eigenvalue weighted by Gasteiger charge is 2.45. The number of pyridine rings is 1. The number of esters is 1. The summed E-state index contributed by atoms with van der Waals surface area (Å²) in [7, 11) is 0. The van der Waals surface area contributed by atoms with Crippen LogP contribution in [-0.2, 0) is 15.1 Å². The zero-order valence-electron chi connectivity index (χ0n) is 13.7. The van der Waals surface area contributed by atoms with Gasteiger partial charge in [0.1, 0.15) is 11.6 Å². The van der Waals surface area contributed by atoms with Gasteiger partial charge in [0.25, 0.3) is 0 Å². The molecule has 0 spiro atoms. The predicted molar refractivity (Wildman–Crippen MR) is 95.2 cm³/mol. The van der Waals surface area contributed by atoms with Gasteiger partial charge in [-0.25, -0.2) is 9.78 Å². The summed E-state index contributed by atoms with van der Waals surface area (Å²) in [6.07, 6.45) is 1.82. The topological polar surface area (TPSA) is 94.4 Å². The van der Waals surface area contributed by atoms with Crippen LogP contribution < -0.4 is 5.32 Å². The van der Waals surface area contributed by atoms with Crippen LogP contribution in [0.2, 0.25) is 0 Å². The second-order valence-corrected chi connectivity index (χ2v) is 7.06. The second-order valence-electron chi connectivity index (χ2n) is 6.14. The Hall–Kier alpha value is -2.48. The third-order valence-electron chi connectivity index (χ3n) is 4.28. The molecule has 1 fully saturated rings. The summed E-state index contributed by atoms with van der Waals surface area (Å²) in [5.74, 6) is -0.380. The van der Waals surface area contributed by atoms with Gasteiger partial charge < -0.3 is 10.1 Å². The number of hydrogen-bond donors (Lipinski definition) is 1. The third-order valence-corrected chi connectivity index (χ3v) is 4.81. The zero-order valence-corrected chi connectivity index (χ0v) is 15.2. The minimum absolute atomic E-state index is 0.0759. The van der Waals surface area contributed by atoms with E-state index in [9.17, 15) is 14.9 Å². The van der Waals surface area contributed by atoms with Crippen molar-refractivity contribution >= 4 is 33.4 Å². The first-order chi connectivity index (χ1) is 11.8. The van der Waals surface area contributed by atoms with Crippen molar-refractivity contribution in [2.75, 3.05) is 5.32 Å². The fourth-order valence-electron chi connectivity index (χ4n) is 2.95. The first kappa shape index (κ1) is 17.3. The quantitative estimate of drug-likeness (QED) is 0.473. The largest absolute Gasteiger partial charge is 0.453 e. The maximum Gasteiger partial charge on any atom is 0.329 e. The molecule has 0 aliphatic carbocycles. The Morgan fingerprint density at radius 3 is 2.68 bits per heavy atom. The number of benzene rings is 1. The molecular formula is C17H16BrN3O4. The van der Waals surface area contributed by atoms with Crippen molar-refractivity contribution in [3.8, 4) is 0 Å². The van der Waals surface area contributed by atoms with Crippen LogP contribution in [0.15, 0.2) is 41.0 Å². The Morgan fingerprint density at radius 2 is 2.04 bits per heavy atom. The number of hydrogen-bond acceptors (Lipinski definition) is 6. The average molecular weight is 406 g/mol. The minimum Gasteiger partial charge on any atom is -0.453 e. The molecule has 7 nitrogen and oxygen atoms in total. The first-order valence-corrected chi connectivity index (χ1v) is 8.45. The second kappa shape index (κ2) is 6.44. The molecule has 3 rings (SSSR count). The fraction of sp³-hybridized carbons (Fsp3) is 0.294. The van der Waals surface area contributed by atoms with Gasteiger partial charge in [-0.15, -0.1) is 0 Å². The van der Waals surface area contributed by atoms with Crippen LogP contribution in [-0.4, -0.2) is 21.9 Å². The molecule has 2 unspecified atom stereocenters. The van der Waals surface area contributed by atoms with Crippen molar-refractivity contribution < 1.29 is 14.5 Å². The summed E-state index contributed by atoms with van der Waals surface area (Å²) in [6.45, 7) is 3.46. The molecule has 1 N–H and O–H groups in total. The molecule has 2 atom stereocenters. The number of rotatable bonds is 4. The van der Waals surface area contributed by atoms with Crippen molar-refractivity contribution in [3.05, 3.63) is 62.2 Å². The molecule has 0 saturated carbocycles. The Balaban J connectivity index is 1.86. The SMILES string of the molecule is Cc1ccnc(NC2CC(C)(c3ccc(Br)cc3)OC2=O)c1[N+](=O)[O-]. The highest BCUT2D eigenvalue weighted by Crippen LogP contribution is 2.39. The maximum absolute atomic E-state index is 12.3. The lowest BCUT2D eigenvalue weighted by Crippen LogP contribution is -2.26. The lowest BCUT2D eigenvalue weighted by Gasteiger charge is -2.23. The summed E-state index contributed by atoms with van der Waals surface area (Å²) < 4.78 is 6.50. The molecule has 2 aromatic rings. The van der Waals surface area contributed by atoms with Gasteiger partial charge in [0.2, 0.25) is 5.82 Å². The molecule has 25 heavy (non-hydrogen) atoms. The molecular weight excluding hydrogens is 390 g/mol. The third kappa shape index (κ3) is 3.34. The number of nitro groups is 1. The van der Waals surface area contributed by atoms with E-state index in [1.165, 1.54) is 6.20 Å². The van der Waals surface area contributed by atoms with Gasteiger partial charge in [-0.3, -0.25) is 10.1 Å². The lowest BCUT2D eigenvalue weighted by atomic mass is 9.91. The number of ether oxygens (including phenoxy) is 1. The first-order valence-electron chi connectivity index (χ1n) is 7.65. The monoisotopic (exact) mass is 405 g/mol. The van der Waals surface area contributed by atoms with E-state index in [4.69, 9.17) is 4.74 Å².